The highest BCUT2D eigenvalue weighted by Crippen LogP contribution is 2.33. The minimum absolute atomic E-state index is 0.222. The molecule has 3 rings (SSSR count). The van der Waals surface area contributed by atoms with Crippen LogP contribution in [0.2, 0.25) is 0 Å². The Morgan fingerprint density at radius 3 is 2.32 bits per heavy atom. The fraction of sp³-hybridized carbons (Fsp3) is 0.375. The van der Waals surface area contributed by atoms with Gasteiger partial charge >= 0.3 is 11.9 Å². The van der Waals surface area contributed by atoms with Crippen LogP contribution in [0.25, 0.3) is 11.1 Å². The molecule has 0 bridgehead atoms. The van der Waals surface area contributed by atoms with E-state index in [0.29, 0.717) is 18.8 Å². The molecule has 31 heavy (non-hydrogen) atoms. The summed E-state index contributed by atoms with van der Waals surface area (Å²) in [6.45, 7) is 7.80. The van der Waals surface area contributed by atoms with Crippen molar-refractivity contribution >= 4 is 5.97 Å². The monoisotopic (exact) mass is 427 g/mol. The quantitative estimate of drug-likeness (QED) is 0.511. The van der Waals surface area contributed by atoms with Crippen molar-refractivity contribution in [1.82, 2.24) is 14.8 Å². The molecule has 2 aromatic carbocycles. The fourth-order valence-electron chi connectivity index (χ4n) is 3.40. The molecule has 0 amide bonds. The predicted molar refractivity (Wildman–Crippen MR) is 115 cm³/mol. The van der Waals surface area contributed by atoms with E-state index in [0.717, 1.165) is 16.7 Å². The van der Waals surface area contributed by atoms with E-state index >= 15 is 0 Å². The van der Waals surface area contributed by atoms with Crippen molar-refractivity contribution in [2.24, 2.45) is 0 Å². The van der Waals surface area contributed by atoms with Crippen LogP contribution in [0.15, 0.2) is 48.5 Å². The molecule has 1 aromatic heterocycles. The third-order valence-corrected chi connectivity index (χ3v) is 4.96. The van der Waals surface area contributed by atoms with E-state index in [-0.39, 0.29) is 12.0 Å². The SMILES string of the molecule is CCCC(F)(F)c1nc(C(C)(C)C)n(Cc2ccc(-c3cccc(C(=O)O)c3)cc2)n1. The van der Waals surface area contributed by atoms with E-state index in [1.165, 1.54) is 0 Å². The minimum Gasteiger partial charge on any atom is -0.478 e. The van der Waals surface area contributed by atoms with Crippen molar-refractivity contribution in [3.63, 3.8) is 0 Å². The van der Waals surface area contributed by atoms with Gasteiger partial charge in [-0.3, -0.25) is 0 Å². The van der Waals surface area contributed by atoms with Crippen LogP contribution >= 0.6 is 0 Å². The lowest BCUT2D eigenvalue weighted by Gasteiger charge is -2.18. The molecule has 0 aliphatic rings. The molecule has 0 atom stereocenters. The minimum atomic E-state index is -3.06. The van der Waals surface area contributed by atoms with Crippen molar-refractivity contribution in [1.29, 1.82) is 0 Å². The van der Waals surface area contributed by atoms with Gasteiger partial charge < -0.3 is 5.11 Å². The van der Waals surface area contributed by atoms with Gasteiger partial charge in [0.15, 0.2) is 0 Å². The summed E-state index contributed by atoms with van der Waals surface area (Å²) in [5, 5.41) is 13.3. The van der Waals surface area contributed by atoms with Crippen molar-refractivity contribution in [3.8, 4) is 11.1 Å². The van der Waals surface area contributed by atoms with E-state index in [1.54, 1.807) is 29.8 Å². The normalized spacial score (nSPS) is 12.2. The number of aromatic carboxylic acids is 1. The third-order valence-electron chi connectivity index (χ3n) is 4.96. The molecule has 1 N–H and O–H groups in total. The molecule has 0 fully saturated rings. The average molecular weight is 427 g/mol. The molecular formula is C24H27F2N3O2. The lowest BCUT2D eigenvalue weighted by Crippen LogP contribution is -2.20. The maximum absolute atomic E-state index is 14.4. The highest BCUT2D eigenvalue weighted by Gasteiger charge is 2.37. The number of nitrogens with zero attached hydrogens (tertiary/aromatic N) is 3. The van der Waals surface area contributed by atoms with Crippen LogP contribution in [0.1, 0.15) is 68.1 Å². The Bertz CT molecular complexity index is 1070. The van der Waals surface area contributed by atoms with Gasteiger partial charge in [0.1, 0.15) is 5.82 Å². The largest absolute Gasteiger partial charge is 0.478 e. The second kappa shape index (κ2) is 8.57. The summed E-state index contributed by atoms with van der Waals surface area (Å²) in [4.78, 5) is 15.4. The van der Waals surface area contributed by atoms with Crippen LogP contribution in [0.4, 0.5) is 8.78 Å². The number of hydrogen-bond donors (Lipinski definition) is 1. The Kier molecular flexibility index (Phi) is 6.25. The second-order valence-electron chi connectivity index (χ2n) is 8.70. The fourth-order valence-corrected chi connectivity index (χ4v) is 3.40. The predicted octanol–water partition coefficient (Wildman–Crippen LogP) is 5.88. The lowest BCUT2D eigenvalue weighted by molar-refractivity contribution is -0.0232. The van der Waals surface area contributed by atoms with Crippen molar-refractivity contribution in [3.05, 3.63) is 71.3 Å². The van der Waals surface area contributed by atoms with Gasteiger partial charge in [-0.25, -0.2) is 14.5 Å². The number of carboxylic acids is 1. The zero-order valence-electron chi connectivity index (χ0n) is 18.2. The van der Waals surface area contributed by atoms with Gasteiger partial charge in [-0.1, -0.05) is 64.1 Å². The maximum atomic E-state index is 14.4. The smallest absolute Gasteiger partial charge is 0.335 e. The Balaban J connectivity index is 1.89. The highest BCUT2D eigenvalue weighted by molar-refractivity contribution is 5.89. The Hall–Kier alpha value is -3.09. The summed E-state index contributed by atoms with van der Waals surface area (Å²) in [5.74, 6) is -3.95. The van der Waals surface area contributed by atoms with E-state index in [4.69, 9.17) is 0 Å². The summed E-state index contributed by atoms with van der Waals surface area (Å²) in [6.07, 6.45) is 0.0572. The molecule has 3 aromatic rings. The molecule has 0 saturated heterocycles. The Labute approximate surface area is 180 Å². The first-order chi connectivity index (χ1) is 14.5. The van der Waals surface area contributed by atoms with Gasteiger partial charge in [0.2, 0.25) is 5.82 Å². The zero-order chi connectivity index (χ0) is 22.8. The molecule has 7 heteroatoms. The van der Waals surface area contributed by atoms with Crippen molar-refractivity contribution in [2.75, 3.05) is 0 Å². The van der Waals surface area contributed by atoms with Gasteiger partial charge in [-0.05, 0) is 35.2 Å². The number of aromatic nitrogens is 3. The standard InChI is InChI=1S/C24H27F2N3O2/c1-5-13-24(25,26)21-27-22(23(2,3)4)29(28-21)15-16-9-11-17(12-10-16)18-7-6-8-19(14-18)20(30)31/h6-12,14H,5,13,15H2,1-4H3,(H,30,31). The molecule has 0 unspecified atom stereocenters. The number of hydrogen-bond acceptors (Lipinski definition) is 3. The van der Waals surface area contributed by atoms with Gasteiger partial charge in [0.05, 0.1) is 12.1 Å². The third kappa shape index (κ3) is 5.16. The Morgan fingerprint density at radius 2 is 1.74 bits per heavy atom. The molecule has 5 nitrogen and oxygen atoms in total. The molecule has 0 radical (unpaired) electrons. The van der Waals surface area contributed by atoms with Gasteiger partial charge in [0, 0.05) is 11.8 Å². The number of benzene rings is 2. The van der Waals surface area contributed by atoms with Crippen molar-refractivity contribution < 1.29 is 18.7 Å². The van der Waals surface area contributed by atoms with E-state index in [2.05, 4.69) is 10.1 Å². The molecule has 164 valence electrons. The first kappa shape index (κ1) is 22.6. The number of rotatable bonds is 7. The molecule has 0 aliphatic heterocycles. The zero-order valence-corrected chi connectivity index (χ0v) is 18.2. The lowest BCUT2D eigenvalue weighted by atomic mass is 9.95. The summed E-state index contributed by atoms with van der Waals surface area (Å²) in [7, 11) is 0. The van der Waals surface area contributed by atoms with E-state index < -0.39 is 23.1 Å². The molecule has 0 spiro atoms. The van der Waals surface area contributed by atoms with Crippen LogP contribution < -0.4 is 0 Å². The summed E-state index contributed by atoms with van der Waals surface area (Å²) >= 11 is 0. The van der Waals surface area contributed by atoms with Crippen LogP contribution in [-0.2, 0) is 17.9 Å². The van der Waals surface area contributed by atoms with Crippen LogP contribution in [0, 0.1) is 0 Å². The van der Waals surface area contributed by atoms with Crippen molar-refractivity contribution in [2.45, 2.75) is 58.4 Å². The van der Waals surface area contributed by atoms with Gasteiger partial charge in [-0.15, -0.1) is 5.10 Å². The maximum Gasteiger partial charge on any atom is 0.335 e. The van der Waals surface area contributed by atoms with Crippen LogP contribution in [0.3, 0.4) is 0 Å². The second-order valence-corrected chi connectivity index (χ2v) is 8.70. The first-order valence-electron chi connectivity index (χ1n) is 10.3. The van der Waals surface area contributed by atoms with Crippen LogP contribution in [-0.4, -0.2) is 25.8 Å². The topological polar surface area (TPSA) is 68.0 Å². The first-order valence-corrected chi connectivity index (χ1v) is 10.3. The number of halogens is 2. The summed E-state index contributed by atoms with van der Waals surface area (Å²) < 4.78 is 30.4. The highest BCUT2D eigenvalue weighted by atomic mass is 19.3. The number of carboxylic acid groups (broad SMARTS) is 1. The van der Waals surface area contributed by atoms with E-state index in [1.807, 2.05) is 51.1 Å². The van der Waals surface area contributed by atoms with Crippen LogP contribution in [0.5, 0.6) is 0 Å². The number of carbonyl (C=O) groups is 1. The number of alkyl halides is 2. The molecular weight excluding hydrogens is 400 g/mol. The summed E-state index contributed by atoms with van der Waals surface area (Å²) in [5.41, 5.74) is 2.34. The van der Waals surface area contributed by atoms with Gasteiger partial charge in [-0.2, -0.15) is 8.78 Å². The molecule has 0 aliphatic carbocycles. The molecule has 0 saturated carbocycles. The summed E-state index contributed by atoms with van der Waals surface area (Å²) in [6, 6.07) is 14.3. The van der Waals surface area contributed by atoms with Gasteiger partial charge in [0.25, 0.3) is 0 Å². The molecule has 1 heterocycles. The Morgan fingerprint density at radius 1 is 1.06 bits per heavy atom. The van der Waals surface area contributed by atoms with E-state index in [9.17, 15) is 18.7 Å². The average Bonchev–Trinajstić information content (AvgIpc) is 3.14.